The first-order valence-electron chi connectivity index (χ1n) is 8.06. The fourth-order valence-electron chi connectivity index (χ4n) is 3.17. The van der Waals surface area contributed by atoms with Gasteiger partial charge in [-0.25, -0.2) is 9.65 Å². The minimum absolute atomic E-state index is 0.770. The van der Waals surface area contributed by atoms with Gasteiger partial charge in [-0.2, -0.15) is 0 Å². The van der Waals surface area contributed by atoms with E-state index in [1.54, 1.807) is 11.3 Å². The molecule has 1 atom stereocenters. The van der Waals surface area contributed by atoms with Gasteiger partial charge in [0.05, 0.1) is 10.2 Å². The van der Waals surface area contributed by atoms with E-state index in [2.05, 4.69) is 10.7 Å². The van der Waals surface area contributed by atoms with Crippen LogP contribution in [-0.4, -0.2) is 22.7 Å². The van der Waals surface area contributed by atoms with Gasteiger partial charge >= 0.3 is 0 Å². The number of thiazole rings is 1. The number of benzene rings is 2. The first-order valence-corrected chi connectivity index (χ1v) is 10.5. The van der Waals surface area contributed by atoms with Crippen LogP contribution in [0.5, 0.6) is 0 Å². The Labute approximate surface area is 140 Å². The third-order valence-corrected chi connectivity index (χ3v) is 9.05. The van der Waals surface area contributed by atoms with Gasteiger partial charge < -0.3 is 0 Å². The lowest BCUT2D eigenvalue weighted by Gasteiger charge is -2.33. The molecular formula is C18H19N2OPS. The number of fused-ring (bicyclic) bond motifs is 1. The van der Waals surface area contributed by atoms with Gasteiger partial charge in [0.2, 0.25) is 7.29 Å². The maximum absolute atomic E-state index is 14.2. The lowest BCUT2D eigenvalue weighted by Crippen LogP contribution is -2.35. The molecule has 0 radical (unpaired) electrons. The van der Waals surface area contributed by atoms with Crippen LogP contribution in [-0.2, 0) is 4.57 Å². The zero-order valence-electron chi connectivity index (χ0n) is 12.9. The average Bonchev–Trinajstić information content (AvgIpc) is 3.07. The fourth-order valence-corrected chi connectivity index (χ4v) is 7.79. The second kappa shape index (κ2) is 6.20. The number of para-hydroxylation sites is 1. The molecule has 2 heterocycles. The standard InChI is InChI=1S/C18H19N2OPS/c21-22(15-9-3-1-4-10-15,20-13-7-2-8-14-20)18-19-16-11-5-6-12-17(16)23-18/h1,3-6,9-12H,2,7-8,13-14H2/t22-/m0/s1. The molecule has 2 aromatic carbocycles. The Morgan fingerprint density at radius 1 is 0.913 bits per heavy atom. The van der Waals surface area contributed by atoms with Crippen molar-refractivity contribution in [1.82, 2.24) is 9.65 Å². The van der Waals surface area contributed by atoms with Crippen molar-refractivity contribution in [2.45, 2.75) is 19.3 Å². The Morgan fingerprint density at radius 3 is 2.35 bits per heavy atom. The van der Waals surface area contributed by atoms with Gasteiger partial charge in [-0.15, -0.1) is 11.3 Å². The molecule has 4 rings (SSSR count). The average molecular weight is 342 g/mol. The molecule has 118 valence electrons. The van der Waals surface area contributed by atoms with E-state index in [9.17, 15) is 4.57 Å². The van der Waals surface area contributed by atoms with Gasteiger partial charge in [-0.1, -0.05) is 36.8 Å². The first-order chi connectivity index (χ1) is 11.3. The highest BCUT2D eigenvalue weighted by atomic mass is 32.1. The summed E-state index contributed by atoms with van der Waals surface area (Å²) >= 11 is 1.58. The largest absolute Gasteiger partial charge is 0.294 e. The van der Waals surface area contributed by atoms with Crippen molar-refractivity contribution >= 4 is 38.9 Å². The summed E-state index contributed by atoms with van der Waals surface area (Å²) in [6, 6.07) is 17.9. The van der Waals surface area contributed by atoms with Crippen molar-refractivity contribution in [3.05, 3.63) is 54.6 Å². The summed E-state index contributed by atoms with van der Waals surface area (Å²) in [6.07, 6.45) is 3.45. The topological polar surface area (TPSA) is 33.2 Å². The maximum Gasteiger partial charge on any atom is 0.234 e. The second-order valence-corrected chi connectivity index (χ2v) is 9.88. The molecule has 1 aromatic heterocycles. The normalized spacial score (nSPS) is 18.8. The Balaban J connectivity index is 1.89. The molecule has 1 fully saturated rings. The number of hydrogen-bond donors (Lipinski definition) is 0. The number of rotatable bonds is 3. The SMILES string of the molecule is O=[P@@](c1ccccc1)(c1nc2ccccc2s1)N1CCCCC1. The van der Waals surface area contributed by atoms with Gasteiger partial charge in [0.15, 0.2) is 4.75 Å². The highest BCUT2D eigenvalue weighted by Crippen LogP contribution is 2.50. The molecule has 1 saturated heterocycles. The Kier molecular flexibility index (Phi) is 4.06. The van der Waals surface area contributed by atoms with Crippen molar-refractivity contribution in [3.8, 4) is 0 Å². The predicted molar refractivity (Wildman–Crippen MR) is 98.4 cm³/mol. The van der Waals surface area contributed by atoms with Gasteiger partial charge in [0, 0.05) is 18.4 Å². The molecule has 3 aromatic rings. The molecule has 1 aliphatic heterocycles. The molecule has 0 aliphatic carbocycles. The summed E-state index contributed by atoms with van der Waals surface area (Å²) in [7, 11) is -2.83. The van der Waals surface area contributed by atoms with Crippen molar-refractivity contribution in [3.63, 3.8) is 0 Å². The van der Waals surface area contributed by atoms with Gasteiger partial charge in [0.1, 0.15) is 0 Å². The highest BCUT2D eigenvalue weighted by molar-refractivity contribution is 7.81. The first kappa shape index (κ1) is 15.1. The Morgan fingerprint density at radius 2 is 1.61 bits per heavy atom. The van der Waals surface area contributed by atoms with Gasteiger partial charge in [-0.05, 0) is 37.1 Å². The maximum atomic E-state index is 14.2. The molecule has 0 N–H and O–H groups in total. The lowest BCUT2D eigenvalue weighted by molar-refractivity contribution is 0.352. The molecule has 0 amide bonds. The quantitative estimate of drug-likeness (QED) is 0.674. The summed E-state index contributed by atoms with van der Waals surface area (Å²) in [6.45, 7) is 1.78. The molecule has 5 heteroatoms. The summed E-state index contributed by atoms with van der Waals surface area (Å²) in [4.78, 5) is 4.75. The van der Waals surface area contributed by atoms with E-state index in [1.807, 2.05) is 48.5 Å². The van der Waals surface area contributed by atoms with E-state index in [4.69, 9.17) is 4.98 Å². The number of nitrogens with zero attached hydrogens (tertiary/aromatic N) is 2. The van der Waals surface area contributed by atoms with Crippen molar-refractivity contribution in [1.29, 1.82) is 0 Å². The van der Waals surface area contributed by atoms with Crippen LogP contribution >= 0.6 is 18.6 Å². The predicted octanol–water partition coefficient (Wildman–Crippen LogP) is 4.01. The molecule has 23 heavy (non-hydrogen) atoms. The van der Waals surface area contributed by atoms with Gasteiger partial charge in [-0.3, -0.25) is 4.57 Å². The number of hydrogen-bond acceptors (Lipinski definition) is 3. The van der Waals surface area contributed by atoms with E-state index in [0.29, 0.717) is 0 Å². The van der Waals surface area contributed by atoms with Crippen LogP contribution in [0.4, 0.5) is 0 Å². The van der Waals surface area contributed by atoms with E-state index >= 15 is 0 Å². The minimum Gasteiger partial charge on any atom is -0.294 e. The zero-order chi connectivity index (χ0) is 15.7. The molecule has 0 bridgehead atoms. The molecule has 3 nitrogen and oxygen atoms in total. The summed E-state index contributed by atoms with van der Waals surface area (Å²) < 4.78 is 18.3. The number of aromatic nitrogens is 1. The van der Waals surface area contributed by atoms with Crippen LogP contribution in [0.3, 0.4) is 0 Å². The molecule has 0 saturated carbocycles. The smallest absolute Gasteiger partial charge is 0.234 e. The Bertz CT molecular complexity index is 823. The third-order valence-electron chi connectivity index (χ3n) is 4.38. The van der Waals surface area contributed by atoms with E-state index in [-0.39, 0.29) is 0 Å². The highest BCUT2D eigenvalue weighted by Gasteiger charge is 2.38. The third kappa shape index (κ3) is 2.65. The summed E-state index contributed by atoms with van der Waals surface area (Å²) in [5.74, 6) is 0. The summed E-state index contributed by atoms with van der Waals surface area (Å²) in [5.41, 5.74) is 0.945. The van der Waals surface area contributed by atoms with E-state index < -0.39 is 7.29 Å². The van der Waals surface area contributed by atoms with Gasteiger partial charge in [0.25, 0.3) is 0 Å². The van der Waals surface area contributed by atoms with Crippen molar-refractivity contribution in [2.75, 3.05) is 13.1 Å². The van der Waals surface area contributed by atoms with Crippen LogP contribution in [0, 0.1) is 0 Å². The Hall–Kier alpha value is -1.48. The molecule has 1 aliphatic rings. The monoisotopic (exact) mass is 342 g/mol. The number of piperidine rings is 1. The molecule has 0 unspecified atom stereocenters. The molecular weight excluding hydrogens is 323 g/mol. The molecule has 0 spiro atoms. The van der Waals surface area contributed by atoms with Crippen LogP contribution in [0.15, 0.2) is 54.6 Å². The lowest BCUT2D eigenvalue weighted by atomic mass is 10.2. The second-order valence-electron chi connectivity index (χ2n) is 5.89. The van der Waals surface area contributed by atoms with Crippen LogP contribution in [0.2, 0.25) is 0 Å². The summed E-state index contributed by atoms with van der Waals surface area (Å²) in [5, 5.41) is 0.904. The van der Waals surface area contributed by atoms with Crippen LogP contribution < -0.4 is 10.1 Å². The van der Waals surface area contributed by atoms with E-state index in [0.717, 1.165) is 46.2 Å². The van der Waals surface area contributed by atoms with Crippen molar-refractivity contribution in [2.24, 2.45) is 0 Å². The minimum atomic E-state index is -2.83. The van der Waals surface area contributed by atoms with Crippen molar-refractivity contribution < 1.29 is 4.57 Å². The fraction of sp³-hybridized carbons (Fsp3) is 0.278. The van der Waals surface area contributed by atoms with E-state index in [1.165, 1.54) is 6.42 Å². The van der Waals surface area contributed by atoms with Crippen LogP contribution in [0.1, 0.15) is 19.3 Å². The van der Waals surface area contributed by atoms with Crippen LogP contribution in [0.25, 0.3) is 10.2 Å². The zero-order valence-corrected chi connectivity index (χ0v) is 14.6.